The summed E-state index contributed by atoms with van der Waals surface area (Å²) in [5, 5.41) is 1.18. The minimum Gasteiger partial charge on any atom is -0.338 e. The van der Waals surface area contributed by atoms with E-state index in [0.29, 0.717) is 16.6 Å². The van der Waals surface area contributed by atoms with Crippen LogP contribution in [0.25, 0.3) is 0 Å². The van der Waals surface area contributed by atoms with Crippen molar-refractivity contribution in [1.82, 2.24) is 4.90 Å². The molecule has 1 atom stereocenters. The zero-order valence-corrected chi connectivity index (χ0v) is 14.0. The standard InChI is InChI=1S/C16H22Cl2N2O/c1-11(13-6-5-12(17)9-14(13)18)20(2)15(21)16(10-19)7-3-4-8-16/h5-6,9,11H,3-4,7-8,10,19H2,1-2H3. The summed E-state index contributed by atoms with van der Waals surface area (Å²) < 4.78 is 0. The Hall–Kier alpha value is -0.770. The van der Waals surface area contributed by atoms with E-state index in [0.717, 1.165) is 31.2 Å². The topological polar surface area (TPSA) is 46.3 Å². The summed E-state index contributed by atoms with van der Waals surface area (Å²) in [6.45, 7) is 2.39. The molecule has 0 radical (unpaired) electrons. The molecular formula is C16H22Cl2N2O. The molecule has 0 aliphatic heterocycles. The van der Waals surface area contributed by atoms with Crippen LogP contribution in [0.4, 0.5) is 0 Å². The fraction of sp³-hybridized carbons (Fsp3) is 0.562. The van der Waals surface area contributed by atoms with Gasteiger partial charge in [-0.1, -0.05) is 42.1 Å². The molecule has 116 valence electrons. The maximum Gasteiger partial charge on any atom is 0.230 e. The average molecular weight is 329 g/mol. The van der Waals surface area contributed by atoms with Crippen LogP contribution in [-0.2, 0) is 4.79 Å². The molecule has 1 aliphatic carbocycles. The molecule has 0 heterocycles. The van der Waals surface area contributed by atoms with Gasteiger partial charge in [0.05, 0.1) is 11.5 Å². The quantitative estimate of drug-likeness (QED) is 0.906. The summed E-state index contributed by atoms with van der Waals surface area (Å²) in [5.41, 5.74) is 6.42. The number of halogens is 2. The average Bonchev–Trinajstić information content (AvgIpc) is 2.95. The highest BCUT2D eigenvalue weighted by Crippen LogP contribution is 2.40. The van der Waals surface area contributed by atoms with Crippen molar-refractivity contribution >= 4 is 29.1 Å². The summed E-state index contributed by atoms with van der Waals surface area (Å²) in [7, 11) is 1.83. The Balaban J connectivity index is 2.22. The van der Waals surface area contributed by atoms with E-state index in [9.17, 15) is 4.79 Å². The normalized spacial score (nSPS) is 18.5. The lowest BCUT2D eigenvalue weighted by molar-refractivity contribution is -0.142. The summed E-state index contributed by atoms with van der Waals surface area (Å²) in [6, 6.07) is 5.28. The van der Waals surface area contributed by atoms with Crippen molar-refractivity contribution in [3.8, 4) is 0 Å². The molecule has 0 bridgehead atoms. The van der Waals surface area contributed by atoms with Gasteiger partial charge in [0.2, 0.25) is 5.91 Å². The van der Waals surface area contributed by atoms with Crippen molar-refractivity contribution in [2.24, 2.45) is 11.1 Å². The maximum atomic E-state index is 12.9. The number of benzene rings is 1. The first kappa shape index (κ1) is 16.6. The molecule has 1 aliphatic rings. The Kier molecular flexibility index (Phi) is 5.18. The van der Waals surface area contributed by atoms with Crippen LogP contribution in [0.15, 0.2) is 18.2 Å². The van der Waals surface area contributed by atoms with Gasteiger partial charge in [-0.2, -0.15) is 0 Å². The van der Waals surface area contributed by atoms with Gasteiger partial charge in [0, 0.05) is 23.6 Å². The molecule has 3 nitrogen and oxygen atoms in total. The molecule has 2 rings (SSSR count). The number of carbonyl (C=O) groups excluding carboxylic acids is 1. The maximum absolute atomic E-state index is 12.9. The van der Waals surface area contributed by atoms with E-state index < -0.39 is 0 Å². The van der Waals surface area contributed by atoms with Gasteiger partial charge in [0.25, 0.3) is 0 Å². The van der Waals surface area contributed by atoms with Crippen LogP contribution in [-0.4, -0.2) is 24.4 Å². The molecule has 0 saturated heterocycles. The highest BCUT2D eigenvalue weighted by atomic mass is 35.5. The number of hydrogen-bond acceptors (Lipinski definition) is 2. The number of rotatable bonds is 4. The number of amides is 1. The van der Waals surface area contributed by atoms with Gasteiger partial charge in [-0.05, 0) is 37.5 Å². The fourth-order valence-electron chi connectivity index (χ4n) is 3.16. The lowest BCUT2D eigenvalue weighted by atomic mass is 9.84. The van der Waals surface area contributed by atoms with E-state index >= 15 is 0 Å². The number of nitrogens with zero attached hydrogens (tertiary/aromatic N) is 1. The van der Waals surface area contributed by atoms with Crippen LogP contribution in [0.2, 0.25) is 10.0 Å². The first-order chi connectivity index (χ1) is 9.91. The first-order valence-corrected chi connectivity index (χ1v) is 8.09. The molecule has 0 aromatic heterocycles. The van der Waals surface area contributed by atoms with Gasteiger partial charge in [0.1, 0.15) is 0 Å². The van der Waals surface area contributed by atoms with Crippen molar-refractivity contribution in [3.05, 3.63) is 33.8 Å². The summed E-state index contributed by atoms with van der Waals surface area (Å²) in [5.74, 6) is 0.126. The lowest BCUT2D eigenvalue weighted by Crippen LogP contribution is -2.45. The van der Waals surface area contributed by atoms with Crippen LogP contribution < -0.4 is 5.73 Å². The second kappa shape index (κ2) is 6.55. The molecule has 0 spiro atoms. The van der Waals surface area contributed by atoms with Crippen LogP contribution >= 0.6 is 23.2 Å². The van der Waals surface area contributed by atoms with E-state index in [1.54, 1.807) is 17.0 Å². The van der Waals surface area contributed by atoms with Gasteiger partial charge in [-0.15, -0.1) is 0 Å². The first-order valence-electron chi connectivity index (χ1n) is 7.33. The van der Waals surface area contributed by atoms with Crippen LogP contribution in [0, 0.1) is 5.41 Å². The minimum atomic E-state index is -0.387. The summed E-state index contributed by atoms with van der Waals surface area (Å²) >= 11 is 12.2. The van der Waals surface area contributed by atoms with E-state index in [1.165, 1.54) is 0 Å². The van der Waals surface area contributed by atoms with Crippen molar-refractivity contribution in [2.45, 2.75) is 38.6 Å². The number of nitrogens with two attached hydrogens (primary N) is 1. The molecule has 1 aromatic rings. The third kappa shape index (κ3) is 3.20. The molecule has 2 N–H and O–H groups in total. The van der Waals surface area contributed by atoms with Gasteiger partial charge in [0.15, 0.2) is 0 Å². The lowest BCUT2D eigenvalue weighted by Gasteiger charge is -2.35. The van der Waals surface area contributed by atoms with E-state index in [4.69, 9.17) is 28.9 Å². The third-order valence-electron chi connectivity index (χ3n) is 4.72. The van der Waals surface area contributed by atoms with E-state index in [-0.39, 0.29) is 17.4 Å². The Bertz CT molecular complexity index is 527. The van der Waals surface area contributed by atoms with Crippen molar-refractivity contribution in [3.63, 3.8) is 0 Å². The number of hydrogen-bond donors (Lipinski definition) is 1. The molecule has 21 heavy (non-hydrogen) atoms. The molecule has 1 aromatic carbocycles. The Labute approximate surface area is 136 Å². The highest BCUT2D eigenvalue weighted by Gasteiger charge is 2.42. The van der Waals surface area contributed by atoms with Crippen LogP contribution in [0.1, 0.15) is 44.2 Å². The predicted molar refractivity (Wildman–Crippen MR) is 87.6 cm³/mol. The predicted octanol–water partition coefficient (Wildman–Crippen LogP) is 4.03. The van der Waals surface area contributed by atoms with Crippen molar-refractivity contribution in [1.29, 1.82) is 0 Å². The molecule has 5 heteroatoms. The van der Waals surface area contributed by atoms with Crippen molar-refractivity contribution < 1.29 is 4.79 Å². The Morgan fingerprint density at radius 2 is 2.00 bits per heavy atom. The second-order valence-corrected chi connectivity index (χ2v) is 6.79. The monoisotopic (exact) mass is 328 g/mol. The Morgan fingerprint density at radius 1 is 1.38 bits per heavy atom. The van der Waals surface area contributed by atoms with Gasteiger partial charge >= 0.3 is 0 Å². The van der Waals surface area contributed by atoms with Crippen LogP contribution in [0.5, 0.6) is 0 Å². The zero-order valence-electron chi connectivity index (χ0n) is 12.5. The SMILES string of the molecule is CC(c1ccc(Cl)cc1Cl)N(C)C(=O)C1(CN)CCCC1. The largest absolute Gasteiger partial charge is 0.338 e. The molecule has 1 amide bonds. The van der Waals surface area contributed by atoms with Gasteiger partial charge in [-0.25, -0.2) is 0 Å². The second-order valence-electron chi connectivity index (χ2n) is 5.95. The van der Waals surface area contributed by atoms with Crippen molar-refractivity contribution in [2.75, 3.05) is 13.6 Å². The Morgan fingerprint density at radius 3 is 2.52 bits per heavy atom. The van der Waals surface area contributed by atoms with E-state index in [2.05, 4.69) is 0 Å². The zero-order chi connectivity index (χ0) is 15.6. The number of carbonyl (C=O) groups is 1. The molecular weight excluding hydrogens is 307 g/mol. The van der Waals surface area contributed by atoms with E-state index in [1.807, 2.05) is 20.0 Å². The minimum absolute atomic E-state index is 0.105. The van der Waals surface area contributed by atoms with Gasteiger partial charge < -0.3 is 10.6 Å². The molecule has 1 unspecified atom stereocenters. The molecule has 1 saturated carbocycles. The summed E-state index contributed by atoms with van der Waals surface area (Å²) in [6.07, 6.45) is 3.92. The summed E-state index contributed by atoms with van der Waals surface area (Å²) in [4.78, 5) is 14.6. The third-order valence-corrected chi connectivity index (χ3v) is 5.28. The fourth-order valence-corrected chi connectivity index (χ4v) is 3.72. The smallest absolute Gasteiger partial charge is 0.230 e. The van der Waals surface area contributed by atoms with Crippen LogP contribution in [0.3, 0.4) is 0 Å². The highest BCUT2D eigenvalue weighted by molar-refractivity contribution is 6.35. The molecule has 1 fully saturated rings. The van der Waals surface area contributed by atoms with Gasteiger partial charge in [-0.3, -0.25) is 4.79 Å².